The Morgan fingerprint density at radius 3 is 2.88 bits per heavy atom. The summed E-state index contributed by atoms with van der Waals surface area (Å²) in [5, 5.41) is 0. The first-order chi connectivity index (χ1) is 8.28. The van der Waals surface area contributed by atoms with Crippen LogP contribution in [0.1, 0.15) is 25.1 Å². The highest BCUT2D eigenvalue weighted by Crippen LogP contribution is 2.30. The summed E-state index contributed by atoms with van der Waals surface area (Å²) in [4.78, 5) is 4.59. The third-order valence-corrected chi connectivity index (χ3v) is 4.31. The third kappa shape index (κ3) is 2.11. The standard InChI is InChI=1S/C13H14BrClN2/c14-10-4-5-11-12(6-10)17(13(7-15)16-11)8-9-2-1-3-9/h4-6,9H,1-3,7-8H2. The minimum Gasteiger partial charge on any atom is -0.327 e. The molecule has 90 valence electrons. The first-order valence-electron chi connectivity index (χ1n) is 5.98. The molecule has 0 atom stereocenters. The Balaban J connectivity index is 2.07. The van der Waals surface area contributed by atoms with E-state index in [4.69, 9.17) is 11.6 Å². The molecule has 1 aromatic carbocycles. The fraction of sp³-hybridized carbons (Fsp3) is 0.462. The molecule has 1 aliphatic rings. The molecule has 2 aromatic rings. The second kappa shape index (κ2) is 4.62. The van der Waals surface area contributed by atoms with Crippen LogP contribution in [-0.4, -0.2) is 9.55 Å². The lowest BCUT2D eigenvalue weighted by Crippen LogP contribution is -2.19. The Morgan fingerprint density at radius 2 is 2.24 bits per heavy atom. The van der Waals surface area contributed by atoms with Crippen molar-refractivity contribution < 1.29 is 0 Å². The van der Waals surface area contributed by atoms with Crippen molar-refractivity contribution in [3.8, 4) is 0 Å². The van der Waals surface area contributed by atoms with Crippen LogP contribution in [0.25, 0.3) is 11.0 Å². The molecule has 17 heavy (non-hydrogen) atoms. The number of nitrogens with zero attached hydrogens (tertiary/aromatic N) is 2. The van der Waals surface area contributed by atoms with Crippen LogP contribution in [0, 0.1) is 5.92 Å². The summed E-state index contributed by atoms with van der Waals surface area (Å²) >= 11 is 9.51. The van der Waals surface area contributed by atoms with Gasteiger partial charge in [-0.2, -0.15) is 0 Å². The maximum absolute atomic E-state index is 5.99. The van der Waals surface area contributed by atoms with E-state index in [0.717, 1.165) is 28.3 Å². The Hall–Kier alpha value is -0.540. The summed E-state index contributed by atoms with van der Waals surface area (Å²) in [6, 6.07) is 6.21. The molecule has 3 rings (SSSR count). The van der Waals surface area contributed by atoms with Gasteiger partial charge in [0.25, 0.3) is 0 Å². The van der Waals surface area contributed by atoms with E-state index in [0.29, 0.717) is 5.88 Å². The number of fused-ring (bicyclic) bond motifs is 1. The lowest BCUT2D eigenvalue weighted by atomic mass is 9.85. The minimum atomic E-state index is 0.485. The van der Waals surface area contributed by atoms with E-state index in [-0.39, 0.29) is 0 Å². The summed E-state index contributed by atoms with van der Waals surface area (Å²) < 4.78 is 3.39. The number of aromatic nitrogens is 2. The normalized spacial score (nSPS) is 16.4. The van der Waals surface area contributed by atoms with E-state index in [1.807, 2.05) is 12.1 Å². The van der Waals surface area contributed by atoms with Gasteiger partial charge in [0, 0.05) is 11.0 Å². The Kier molecular flexibility index (Phi) is 3.14. The van der Waals surface area contributed by atoms with Gasteiger partial charge in [-0.3, -0.25) is 0 Å². The number of benzene rings is 1. The van der Waals surface area contributed by atoms with Crippen LogP contribution in [0.15, 0.2) is 22.7 Å². The quantitative estimate of drug-likeness (QED) is 0.771. The van der Waals surface area contributed by atoms with Crippen LogP contribution in [-0.2, 0) is 12.4 Å². The molecule has 1 aliphatic carbocycles. The number of alkyl halides is 1. The van der Waals surface area contributed by atoms with Crippen LogP contribution >= 0.6 is 27.5 Å². The van der Waals surface area contributed by atoms with Crippen LogP contribution < -0.4 is 0 Å². The molecule has 1 saturated carbocycles. The Bertz CT molecular complexity index is 546. The number of hydrogen-bond acceptors (Lipinski definition) is 1. The predicted octanol–water partition coefficient (Wildman–Crippen LogP) is 4.34. The van der Waals surface area contributed by atoms with Crippen LogP contribution in [0.4, 0.5) is 0 Å². The third-order valence-electron chi connectivity index (χ3n) is 3.57. The highest BCUT2D eigenvalue weighted by atomic mass is 79.9. The molecule has 2 nitrogen and oxygen atoms in total. The number of hydrogen-bond donors (Lipinski definition) is 0. The smallest absolute Gasteiger partial charge is 0.124 e. The molecular formula is C13H14BrClN2. The average Bonchev–Trinajstić information content (AvgIpc) is 2.61. The monoisotopic (exact) mass is 312 g/mol. The largest absolute Gasteiger partial charge is 0.327 e. The molecule has 1 aromatic heterocycles. The van der Waals surface area contributed by atoms with Crippen molar-refractivity contribution in [1.82, 2.24) is 9.55 Å². The van der Waals surface area contributed by atoms with E-state index >= 15 is 0 Å². The summed E-state index contributed by atoms with van der Waals surface area (Å²) in [5.74, 6) is 2.29. The van der Waals surface area contributed by atoms with Gasteiger partial charge < -0.3 is 4.57 Å². The predicted molar refractivity (Wildman–Crippen MR) is 74.3 cm³/mol. The van der Waals surface area contributed by atoms with E-state index in [9.17, 15) is 0 Å². The molecule has 0 spiro atoms. The molecule has 0 N–H and O–H groups in total. The molecule has 1 heterocycles. The van der Waals surface area contributed by atoms with Crippen molar-refractivity contribution in [2.24, 2.45) is 5.92 Å². The summed E-state index contributed by atoms with van der Waals surface area (Å²) in [6.45, 7) is 1.06. The molecule has 0 bridgehead atoms. The zero-order valence-electron chi connectivity index (χ0n) is 9.50. The summed E-state index contributed by atoms with van der Waals surface area (Å²) in [5.41, 5.74) is 2.24. The van der Waals surface area contributed by atoms with Crippen molar-refractivity contribution in [3.63, 3.8) is 0 Å². The van der Waals surface area contributed by atoms with Crippen LogP contribution in [0.3, 0.4) is 0 Å². The van der Waals surface area contributed by atoms with E-state index < -0.39 is 0 Å². The van der Waals surface area contributed by atoms with E-state index in [2.05, 4.69) is 31.5 Å². The Morgan fingerprint density at radius 1 is 1.41 bits per heavy atom. The number of halogens is 2. The van der Waals surface area contributed by atoms with Crippen molar-refractivity contribution in [2.75, 3.05) is 0 Å². The van der Waals surface area contributed by atoms with Gasteiger partial charge in [-0.25, -0.2) is 4.98 Å². The maximum atomic E-state index is 5.99. The highest BCUT2D eigenvalue weighted by Gasteiger charge is 2.20. The van der Waals surface area contributed by atoms with Gasteiger partial charge in [-0.1, -0.05) is 22.4 Å². The van der Waals surface area contributed by atoms with Crippen LogP contribution in [0.2, 0.25) is 0 Å². The molecular weight excluding hydrogens is 300 g/mol. The summed E-state index contributed by atoms with van der Waals surface area (Å²) in [6.07, 6.45) is 4.06. The molecule has 1 fully saturated rings. The van der Waals surface area contributed by atoms with Crippen molar-refractivity contribution in [3.05, 3.63) is 28.5 Å². The van der Waals surface area contributed by atoms with E-state index in [1.165, 1.54) is 24.8 Å². The summed E-state index contributed by atoms with van der Waals surface area (Å²) in [7, 11) is 0. The van der Waals surface area contributed by atoms with Gasteiger partial charge in [-0.15, -0.1) is 11.6 Å². The zero-order valence-corrected chi connectivity index (χ0v) is 11.8. The van der Waals surface area contributed by atoms with Gasteiger partial charge >= 0.3 is 0 Å². The van der Waals surface area contributed by atoms with Crippen molar-refractivity contribution in [1.29, 1.82) is 0 Å². The molecule has 4 heteroatoms. The molecule has 0 unspecified atom stereocenters. The fourth-order valence-corrected chi connectivity index (χ4v) is 2.94. The molecule has 0 aliphatic heterocycles. The lowest BCUT2D eigenvalue weighted by molar-refractivity contribution is 0.277. The molecule has 0 radical (unpaired) electrons. The van der Waals surface area contributed by atoms with Gasteiger partial charge in [0.2, 0.25) is 0 Å². The topological polar surface area (TPSA) is 17.8 Å². The Labute approximate surface area is 114 Å². The highest BCUT2D eigenvalue weighted by molar-refractivity contribution is 9.10. The maximum Gasteiger partial charge on any atom is 0.124 e. The first-order valence-corrected chi connectivity index (χ1v) is 7.31. The second-order valence-electron chi connectivity index (χ2n) is 4.70. The van der Waals surface area contributed by atoms with E-state index in [1.54, 1.807) is 0 Å². The second-order valence-corrected chi connectivity index (χ2v) is 5.89. The fourth-order valence-electron chi connectivity index (χ4n) is 2.39. The van der Waals surface area contributed by atoms with Crippen LogP contribution in [0.5, 0.6) is 0 Å². The van der Waals surface area contributed by atoms with Gasteiger partial charge in [-0.05, 0) is 37.0 Å². The minimum absolute atomic E-state index is 0.485. The number of imidazole rings is 1. The average molecular weight is 314 g/mol. The molecule has 0 saturated heterocycles. The van der Waals surface area contributed by atoms with Crippen molar-refractivity contribution >= 4 is 38.6 Å². The van der Waals surface area contributed by atoms with Gasteiger partial charge in [0.1, 0.15) is 5.82 Å². The van der Waals surface area contributed by atoms with Crippen molar-refractivity contribution in [2.45, 2.75) is 31.7 Å². The zero-order chi connectivity index (χ0) is 11.8. The lowest BCUT2D eigenvalue weighted by Gasteiger charge is -2.26. The number of rotatable bonds is 3. The first kappa shape index (κ1) is 11.5. The van der Waals surface area contributed by atoms with Gasteiger partial charge in [0.05, 0.1) is 16.9 Å². The SMILES string of the molecule is ClCc1nc2ccc(Br)cc2n1CC1CCC1. The molecule has 0 amide bonds. The van der Waals surface area contributed by atoms with Gasteiger partial charge in [0.15, 0.2) is 0 Å².